The molecule has 26 heavy (non-hydrogen) atoms. The van der Waals surface area contributed by atoms with E-state index in [2.05, 4.69) is 15.5 Å². The average molecular weight is 370 g/mol. The number of aryl methyl sites for hydroxylation is 1. The fourth-order valence-electron chi connectivity index (χ4n) is 2.84. The van der Waals surface area contributed by atoms with Crippen LogP contribution >= 0.6 is 11.6 Å². The predicted octanol–water partition coefficient (Wildman–Crippen LogP) is 3.37. The number of carbonyl (C=O) groups is 1. The minimum Gasteiger partial charge on any atom is -0.394 e. The Bertz CT molecular complexity index is 890. The Morgan fingerprint density at radius 1 is 1.27 bits per heavy atom. The number of H-pyrrole nitrogens is 1. The molecular weight excluding hydrogens is 350 g/mol. The Hall–Kier alpha value is -2.63. The zero-order valence-corrected chi connectivity index (χ0v) is 15.1. The monoisotopic (exact) mass is 369 g/mol. The van der Waals surface area contributed by atoms with E-state index in [1.165, 1.54) is 6.20 Å². The number of aromatic amines is 1. The molecule has 0 saturated heterocycles. The van der Waals surface area contributed by atoms with Gasteiger partial charge in [-0.3, -0.25) is 9.89 Å². The van der Waals surface area contributed by atoms with Gasteiger partial charge in [-0.2, -0.15) is 5.10 Å². The predicted molar refractivity (Wildman–Crippen MR) is 102 cm³/mol. The van der Waals surface area contributed by atoms with Crippen molar-refractivity contribution in [1.29, 1.82) is 0 Å². The van der Waals surface area contributed by atoms with Crippen molar-refractivity contribution in [2.45, 2.75) is 19.4 Å². The number of hydrogen-bond donors (Lipinski definition) is 3. The first-order valence-electron chi connectivity index (χ1n) is 8.33. The quantitative estimate of drug-likeness (QED) is 0.623. The topological polar surface area (TPSA) is 78.0 Å². The minimum absolute atomic E-state index is 0.145. The van der Waals surface area contributed by atoms with Crippen molar-refractivity contribution in [2.24, 2.45) is 0 Å². The maximum absolute atomic E-state index is 12.7. The lowest BCUT2D eigenvalue weighted by Crippen LogP contribution is -2.39. The van der Waals surface area contributed by atoms with E-state index < -0.39 is 0 Å². The van der Waals surface area contributed by atoms with Crippen molar-refractivity contribution in [3.63, 3.8) is 0 Å². The number of aliphatic hydroxyl groups is 1. The first-order chi connectivity index (χ1) is 12.6. The van der Waals surface area contributed by atoms with Gasteiger partial charge < -0.3 is 10.4 Å². The molecule has 2 aromatic carbocycles. The van der Waals surface area contributed by atoms with E-state index in [4.69, 9.17) is 11.6 Å². The highest BCUT2D eigenvalue weighted by atomic mass is 35.5. The average Bonchev–Trinajstić information content (AvgIpc) is 3.11. The Kier molecular flexibility index (Phi) is 5.71. The molecule has 0 bridgehead atoms. The summed E-state index contributed by atoms with van der Waals surface area (Å²) in [6.45, 7) is 1.87. The maximum atomic E-state index is 12.7. The SMILES string of the molecule is Cc1cccc(CC(CO)NC(=O)c2cn[nH]c2-c2ccc(Cl)cc2)c1. The third-order valence-electron chi connectivity index (χ3n) is 4.14. The molecule has 0 aliphatic rings. The third-order valence-corrected chi connectivity index (χ3v) is 4.39. The number of rotatable bonds is 6. The molecule has 3 N–H and O–H groups in total. The van der Waals surface area contributed by atoms with E-state index in [0.29, 0.717) is 22.7 Å². The van der Waals surface area contributed by atoms with Crippen molar-refractivity contribution < 1.29 is 9.90 Å². The van der Waals surface area contributed by atoms with Crippen molar-refractivity contribution in [3.05, 3.63) is 76.4 Å². The molecule has 1 heterocycles. The smallest absolute Gasteiger partial charge is 0.255 e. The molecule has 1 atom stereocenters. The maximum Gasteiger partial charge on any atom is 0.255 e. The van der Waals surface area contributed by atoms with Crippen LogP contribution in [0.25, 0.3) is 11.3 Å². The van der Waals surface area contributed by atoms with Gasteiger partial charge in [0.05, 0.1) is 30.1 Å². The van der Waals surface area contributed by atoms with Crippen LogP contribution in [0.3, 0.4) is 0 Å². The zero-order valence-electron chi connectivity index (χ0n) is 14.4. The zero-order chi connectivity index (χ0) is 18.5. The van der Waals surface area contributed by atoms with Gasteiger partial charge in [-0.05, 0) is 31.0 Å². The number of halogens is 1. The summed E-state index contributed by atoms with van der Waals surface area (Å²) in [6, 6.07) is 14.8. The fraction of sp³-hybridized carbons (Fsp3) is 0.200. The van der Waals surface area contributed by atoms with Gasteiger partial charge in [-0.15, -0.1) is 0 Å². The Morgan fingerprint density at radius 2 is 2.04 bits per heavy atom. The number of hydrogen-bond acceptors (Lipinski definition) is 3. The molecule has 134 valence electrons. The van der Waals surface area contributed by atoms with Crippen LogP contribution in [-0.4, -0.2) is 33.9 Å². The van der Waals surface area contributed by atoms with Gasteiger partial charge in [-0.1, -0.05) is 53.6 Å². The van der Waals surface area contributed by atoms with Gasteiger partial charge >= 0.3 is 0 Å². The summed E-state index contributed by atoms with van der Waals surface area (Å²) in [4.78, 5) is 12.7. The van der Waals surface area contributed by atoms with Crippen LogP contribution in [0.4, 0.5) is 0 Å². The van der Waals surface area contributed by atoms with Gasteiger partial charge in [0.25, 0.3) is 5.91 Å². The third kappa shape index (κ3) is 4.31. The highest BCUT2D eigenvalue weighted by molar-refractivity contribution is 6.30. The highest BCUT2D eigenvalue weighted by Crippen LogP contribution is 2.23. The van der Waals surface area contributed by atoms with Crippen LogP contribution in [0.1, 0.15) is 21.5 Å². The van der Waals surface area contributed by atoms with Gasteiger partial charge in [-0.25, -0.2) is 0 Å². The lowest BCUT2D eigenvalue weighted by atomic mass is 10.0. The molecule has 0 aliphatic carbocycles. The molecule has 3 rings (SSSR count). The van der Waals surface area contributed by atoms with Crippen LogP contribution in [0.5, 0.6) is 0 Å². The molecule has 0 aliphatic heterocycles. The van der Waals surface area contributed by atoms with Crippen LogP contribution < -0.4 is 5.32 Å². The molecule has 0 radical (unpaired) electrons. The largest absolute Gasteiger partial charge is 0.394 e. The van der Waals surface area contributed by atoms with Gasteiger partial charge in [0.2, 0.25) is 0 Å². The summed E-state index contributed by atoms with van der Waals surface area (Å²) < 4.78 is 0. The summed E-state index contributed by atoms with van der Waals surface area (Å²) >= 11 is 5.92. The highest BCUT2D eigenvalue weighted by Gasteiger charge is 2.19. The molecule has 1 unspecified atom stereocenters. The second-order valence-electron chi connectivity index (χ2n) is 6.21. The van der Waals surface area contributed by atoms with E-state index in [1.54, 1.807) is 12.1 Å². The number of carbonyl (C=O) groups excluding carboxylic acids is 1. The Balaban J connectivity index is 1.75. The van der Waals surface area contributed by atoms with Crippen LogP contribution in [-0.2, 0) is 6.42 Å². The number of nitrogens with one attached hydrogen (secondary N) is 2. The molecule has 3 aromatic rings. The van der Waals surface area contributed by atoms with E-state index >= 15 is 0 Å². The van der Waals surface area contributed by atoms with Crippen molar-refractivity contribution >= 4 is 17.5 Å². The van der Waals surface area contributed by atoms with E-state index in [-0.39, 0.29) is 18.6 Å². The van der Waals surface area contributed by atoms with E-state index in [1.807, 2.05) is 43.3 Å². The molecule has 5 nitrogen and oxygen atoms in total. The second-order valence-corrected chi connectivity index (χ2v) is 6.65. The summed E-state index contributed by atoms with van der Waals surface area (Å²) in [5, 5.41) is 20.0. The molecule has 0 spiro atoms. The second kappa shape index (κ2) is 8.17. The molecule has 0 saturated carbocycles. The lowest BCUT2D eigenvalue weighted by Gasteiger charge is -2.17. The van der Waals surface area contributed by atoms with Crippen molar-refractivity contribution in [3.8, 4) is 11.3 Å². The first-order valence-corrected chi connectivity index (χ1v) is 8.71. The minimum atomic E-state index is -0.378. The molecule has 0 fully saturated rings. The molecule has 1 amide bonds. The number of aliphatic hydroxyl groups excluding tert-OH is 1. The molecular formula is C20H20ClN3O2. The first kappa shape index (κ1) is 18.2. The fourth-order valence-corrected chi connectivity index (χ4v) is 2.97. The summed E-state index contributed by atoms with van der Waals surface area (Å²) in [6.07, 6.45) is 2.04. The van der Waals surface area contributed by atoms with E-state index in [9.17, 15) is 9.90 Å². The van der Waals surface area contributed by atoms with Crippen LogP contribution in [0, 0.1) is 6.92 Å². The summed E-state index contributed by atoms with van der Waals surface area (Å²) in [5.41, 5.74) is 4.07. The van der Waals surface area contributed by atoms with Gasteiger partial charge in [0.1, 0.15) is 0 Å². The van der Waals surface area contributed by atoms with Gasteiger partial charge in [0, 0.05) is 10.6 Å². The number of nitrogens with zero attached hydrogens (tertiary/aromatic N) is 1. The number of aromatic nitrogens is 2. The lowest BCUT2D eigenvalue weighted by molar-refractivity contribution is 0.0917. The van der Waals surface area contributed by atoms with Crippen molar-refractivity contribution in [2.75, 3.05) is 6.61 Å². The summed E-state index contributed by atoms with van der Waals surface area (Å²) in [5.74, 6) is -0.282. The van der Waals surface area contributed by atoms with Crippen molar-refractivity contribution in [1.82, 2.24) is 15.5 Å². The standard InChI is InChI=1S/C20H20ClN3O2/c1-13-3-2-4-14(9-13)10-17(12-25)23-20(26)18-11-22-24-19(18)15-5-7-16(21)8-6-15/h2-9,11,17,25H,10,12H2,1H3,(H,22,24)(H,23,26). The number of benzene rings is 2. The van der Waals surface area contributed by atoms with E-state index in [0.717, 1.165) is 16.7 Å². The summed E-state index contributed by atoms with van der Waals surface area (Å²) in [7, 11) is 0. The number of amides is 1. The molecule has 6 heteroatoms. The Labute approximate surface area is 157 Å². The van der Waals surface area contributed by atoms with Gasteiger partial charge in [0.15, 0.2) is 0 Å². The molecule has 1 aromatic heterocycles. The Morgan fingerprint density at radius 3 is 2.73 bits per heavy atom. The normalized spacial score (nSPS) is 12.0. The van der Waals surface area contributed by atoms with Crippen LogP contribution in [0.2, 0.25) is 5.02 Å². The van der Waals surface area contributed by atoms with Crippen LogP contribution in [0.15, 0.2) is 54.7 Å².